The van der Waals surface area contributed by atoms with Crippen molar-refractivity contribution in [1.82, 2.24) is 5.32 Å². The Kier molecular flexibility index (Phi) is 3.28. The molecule has 0 unspecified atom stereocenters. The highest BCUT2D eigenvalue weighted by atomic mass is 16.2. The molecule has 4 nitrogen and oxygen atoms in total. The number of carbonyl (C=O) groups excluding carboxylic acids is 2. The molecule has 0 bridgehead atoms. The Labute approximate surface area is 77.9 Å². The van der Waals surface area contributed by atoms with Crippen LogP contribution < -0.4 is 11.1 Å². The summed E-state index contributed by atoms with van der Waals surface area (Å²) in [4.78, 5) is 21.7. The first-order chi connectivity index (χ1) is 6.09. The highest BCUT2D eigenvalue weighted by molar-refractivity contribution is 5.77. The van der Waals surface area contributed by atoms with Crippen LogP contribution in [0.1, 0.15) is 32.6 Å². The molecular formula is C9H16N2O2. The fourth-order valence-corrected chi connectivity index (χ4v) is 1.87. The minimum atomic E-state index is -0.241. The van der Waals surface area contributed by atoms with Crippen LogP contribution in [0.25, 0.3) is 0 Å². The SMILES string of the molecule is CC(=O)N[C@@H]1CCC[C@@H](C(N)=O)C1. The minimum absolute atomic E-state index is 0.0323. The second-order valence-electron chi connectivity index (χ2n) is 3.66. The first-order valence-corrected chi connectivity index (χ1v) is 4.66. The van der Waals surface area contributed by atoms with E-state index in [2.05, 4.69) is 5.32 Å². The molecule has 74 valence electrons. The quantitative estimate of drug-likeness (QED) is 0.642. The molecule has 0 aromatic carbocycles. The molecule has 0 aromatic heterocycles. The Balaban J connectivity index is 2.41. The molecule has 0 spiro atoms. The summed E-state index contributed by atoms with van der Waals surface area (Å²) in [6, 6.07) is 0.142. The van der Waals surface area contributed by atoms with Gasteiger partial charge in [0.1, 0.15) is 0 Å². The summed E-state index contributed by atoms with van der Waals surface area (Å²) in [6.45, 7) is 1.49. The van der Waals surface area contributed by atoms with Gasteiger partial charge in [0, 0.05) is 18.9 Å². The standard InChI is InChI=1S/C9H16N2O2/c1-6(12)11-8-4-2-3-7(5-8)9(10)13/h7-8H,2-5H2,1H3,(H2,10,13)(H,11,12)/t7-,8-/m1/s1. The van der Waals surface area contributed by atoms with Crippen LogP contribution in [0.2, 0.25) is 0 Å². The van der Waals surface area contributed by atoms with E-state index in [1.165, 1.54) is 6.92 Å². The van der Waals surface area contributed by atoms with Crippen molar-refractivity contribution in [2.45, 2.75) is 38.6 Å². The maximum absolute atomic E-state index is 10.9. The van der Waals surface area contributed by atoms with Crippen molar-refractivity contribution < 1.29 is 9.59 Å². The molecule has 1 saturated carbocycles. The fraction of sp³-hybridized carbons (Fsp3) is 0.778. The van der Waals surface area contributed by atoms with E-state index < -0.39 is 0 Å². The molecule has 0 radical (unpaired) electrons. The maximum Gasteiger partial charge on any atom is 0.220 e. The van der Waals surface area contributed by atoms with Crippen LogP contribution in [0.5, 0.6) is 0 Å². The van der Waals surface area contributed by atoms with Gasteiger partial charge in [-0.05, 0) is 19.3 Å². The summed E-state index contributed by atoms with van der Waals surface area (Å²) in [7, 11) is 0. The number of hydrogen-bond acceptors (Lipinski definition) is 2. The number of nitrogens with one attached hydrogen (secondary N) is 1. The largest absolute Gasteiger partial charge is 0.369 e. The molecule has 2 atom stereocenters. The lowest BCUT2D eigenvalue weighted by molar-refractivity contribution is -0.124. The van der Waals surface area contributed by atoms with E-state index in [1.54, 1.807) is 0 Å². The van der Waals surface area contributed by atoms with Gasteiger partial charge in [-0.15, -0.1) is 0 Å². The van der Waals surface area contributed by atoms with Gasteiger partial charge in [-0.2, -0.15) is 0 Å². The Morgan fingerprint density at radius 3 is 2.62 bits per heavy atom. The van der Waals surface area contributed by atoms with Gasteiger partial charge in [0.2, 0.25) is 11.8 Å². The Hall–Kier alpha value is -1.06. The number of hydrogen-bond donors (Lipinski definition) is 2. The van der Waals surface area contributed by atoms with Crippen LogP contribution in [0, 0.1) is 5.92 Å². The number of carbonyl (C=O) groups is 2. The summed E-state index contributed by atoms with van der Waals surface area (Å²) < 4.78 is 0. The van der Waals surface area contributed by atoms with Gasteiger partial charge in [-0.1, -0.05) is 6.42 Å². The predicted molar refractivity (Wildman–Crippen MR) is 48.8 cm³/mol. The average molecular weight is 184 g/mol. The molecule has 13 heavy (non-hydrogen) atoms. The lowest BCUT2D eigenvalue weighted by Crippen LogP contribution is -2.40. The van der Waals surface area contributed by atoms with Crippen molar-refractivity contribution in [3.63, 3.8) is 0 Å². The maximum atomic E-state index is 10.9. The molecule has 1 fully saturated rings. The predicted octanol–water partition coefficient (Wildman–Crippen LogP) is 0.167. The van der Waals surface area contributed by atoms with E-state index in [9.17, 15) is 9.59 Å². The van der Waals surface area contributed by atoms with E-state index in [-0.39, 0.29) is 23.8 Å². The molecule has 0 aromatic rings. The number of amides is 2. The number of rotatable bonds is 2. The highest BCUT2D eigenvalue weighted by Crippen LogP contribution is 2.23. The van der Waals surface area contributed by atoms with Crippen LogP contribution in [0.4, 0.5) is 0 Å². The lowest BCUT2D eigenvalue weighted by atomic mass is 9.85. The molecule has 0 saturated heterocycles. The van der Waals surface area contributed by atoms with E-state index in [1.807, 2.05) is 0 Å². The lowest BCUT2D eigenvalue weighted by Gasteiger charge is -2.27. The Morgan fingerprint density at radius 1 is 1.38 bits per heavy atom. The van der Waals surface area contributed by atoms with Gasteiger partial charge >= 0.3 is 0 Å². The van der Waals surface area contributed by atoms with E-state index in [0.717, 1.165) is 19.3 Å². The van der Waals surface area contributed by atoms with Crippen LogP contribution in [0.15, 0.2) is 0 Å². The molecule has 1 aliphatic carbocycles. The monoisotopic (exact) mass is 184 g/mol. The topological polar surface area (TPSA) is 72.2 Å². The van der Waals surface area contributed by atoms with Crippen molar-refractivity contribution in [2.75, 3.05) is 0 Å². The normalized spacial score (nSPS) is 28.1. The van der Waals surface area contributed by atoms with Crippen molar-refractivity contribution in [3.05, 3.63) is 0 Å². The van der Waals surface area contributed by atoms with Gasteiger partial charge < -0.3 is 11.1 Å². The minimum Gasteiger partial charge on any atom is -0.369 e. The third-order valence-corrected chi connectivity index (χ3v) is 2.48. The molecule has 1 aliphatic rings. The molecule has 0 heterocycles. The zero-order valence-electron chi connectivity index (χ0n) is 7.88. The molecule has 2 amide bonds. The van der Waals surface area contributed by atoms with Crippen LogP contribution in [-0.2, 0) is 9.59 Å². The van der Waals surface area contributed by atoms with E-state index in [0.29, 0.717) is 6.42 Å². The Morgan fingerprint density at radius 2 is 2.08 bits per heavy atom. The molecule has 3 N–H and O–H groups in total. The van der Waals surface area contributed by atoms with Crippen LogP contribution in [0.3, 0.4) is 0 Å². The summed E-state index contributed by atoms with van der Waals surface area (Å²) in [6.07, 6.45) is 3.50. The third kappa shape index (κ3) is 3.05. The average Bonchev–Trinajstić information content (AvgIpc) is 2.03. The first kappa shape index (κ1) is 10.0. The second-order valence-corrected chi connectivity index (χ2v) is 3.66. The smallest absolute Gasteiger partial charge is 0.220 e. The second kappa shape index (κ2) is 4.25. The van der Waals surface area contributed by atoms with Crippen molar-refractivity contribution in [3.8, 4) is 0 Å². The summed E-state index contributed by atoms with van der Waals surface area (Å²) in [5.74, 6) is -0.323. The van der Waals surface area contributed by atoms with Crippen molar-refractivity contribution >= 4 is 11.8 Å². The number of primary amides is 1. The summed E-state index contributed by atoms with van der Waals surface area (Å²) in [5.41, 5.74) is 5.21. The first-order valence-electron chi connectivity index (χ1n) is 4.66. The summed E-state index contributed by atoms with van der Waals surface area (Å²) in [5, 5.41) is 2.82. The van der Waals surface area contributed by atoms with Crippen LogP contribution in [-0.4, -0.2) is 17.9 Å². The van der Waals surface area contributed by atoms with Crippen LogP contribution >= 0.6 is 0 Å². The van der Waals surface area contributed by atoms with Gasteiger partial charge in [-0.3, -0.25) is 9.59 Å². The van der Waals surface area contributed by atoms with E-state index >= 15 is 0 Å². The zero-order valence-corrected chi connectivity index (χ0v) is 7.88. The van der Waals surface area contributed by atoms with Gasteiger partial charge in [0.05, 0.1) is 0 Å². The molecule has 1 rings (SSSR count). The van der Waals surface area contributed by atoms with Gasteiger partial charge in [0.25, 0.3) is 0 Å². The van der Waals surface area contributed by atoms with Gasteiger partial charge in [0.15, 0.2) is 0 Å². The fourth-order valence-electron chi connectivity index (χ4n) is 1.87. The highest BCUT2D eigenvalue weighted by Gasteiger charge is 2.25. The van der Waals surface area contributed by atoms with Gasteiger partial charge in [-0.25, -0.2) is 0 Å². The van der Waals surface area contributed by atoms with Crippen molar-refractivity contribution in [1.29, 1.82) is 0 Å². The number of nitrogens with two attached hydrogens (primary N) is 1. The molecule has 4 heteroatoms. The third-order valence-electron chi connectivity index (χ3n) is 2.48. The molecule has 0 aliphatic heterocycles. The van der Waals surface area contributed by atoms with Crippen molar-refractivity contribution in [2.24, 2.45) is 11.7 Å². The summed E-state index contributed by atoms with van der Waals surface area (Å²) >= 11 is 0. The molecular weight excluding hydrogens is 168 g/mol. The zero-order chi connectivity index (χ0) is 9.84. The van der Waals surface area contributed by atoms with E-state index in [4.69, 9.17) is 5.73 Å². The Bertz CT molecular complexity index is 216.